The van der Waals surface area contributed by atoms with Gasteiger partial charge in [-0.05, 0) is 51.8 Å². The second-order valence-electron chi connectivity index (χ2n) is 7.35. The van der Waals surface area contributed by atoms with Gasteiger partial charge in [0.05, 0.1) is 12.1 Å². The van der Waals surface area contributed by atoms with Crippen LogP contribution < -0.4 is 11.1 Å². The van der Waals surface area contributed by atoms with Crippen LogP contribution in [0, 0.1) is 0 Å². The highest BCUT2D eigenvalue weighted by Crippen LogP contribution is 2.27. The standard InChI is InChI=1S/C18H24FN5O2/c1-11(2)24-14-6-5-12(9-13(14)15(22-24)16(20)25)21-17(26)23-8-4-7-18(3,19)10-23/h5-6,9,11H,4,7-8,10H2,1-3H3,(H2,20,25)(H,21,26). The second-order valence-corrected chi connectivity index (χ2v) is 7.35. The second kappa shape index (κ2) is 6.59. The summed E-state index contributed by atoms with van der Waals surface area (Å²) in [7, 11) is 0. The molecule has 0 bridgehead atoms. The van der Waals surface area contributed by atoms with Crippen LogP contribution in [0.5, 0.6) is 0 Å². The molecular formula is C18H24FN5O2. The molecule has 3 rings (SSSR count). The topological polar surface area (TPSA) is 93.2 Å². The van der Waals surface area contributed by atoms with Crippen LogP contribution in [-0.4, -0.2) is 45.4 Å². The molecule has 1 atom stereocenters. The number of alkyl halides is 1. The van der Waals surface area contributed by atoms with Crippen LogP contribution in [0.25, 0.3) is 10.9 Å². The largest absolute Gasteiger partial charge is 0.364 e. The molecule has 0 radical (unpaired) electrons. The zero-order chi connectivity index (χ0) is 19.1. The maximum absolute atomic E-state index is 14.2. The van der Waals surface area contributed by atoms with Crippen molar-refractivity contribution in [3.63, 3.8) is 0 Å². The average molecular weight is 361 g/mol. The quantitative estimate of drug-likeness (QED) is 0.880. The van der Waals surface area contributed by atoms with Gasteiger partial charge >= 0.3 is 6.03 Å². The van der Waals surface area contributed by atoms with Gasteiger partial charge < -0.3 is 16.0 Å². The molecule has 1 fully saturated rings. The van der Waals surface area contributed by atoms with E-state index in [-0.39, 0.29) is 24.3 Å². The highest BCUT2D eigenvalue weighted by Gasteiger charge is 2.33. The molecule has 2 heterocycles. The Balaban J connectivity index is 1.88. The summed E-state index contributed by atoms with van der Waals surface area (Å²) in [6, 6.07) is 4.91. The number of carbonyl (C=O) groups excluding carboxylic acids is 2. The number of hydrogen-bond donors (Lipinski definition) is 2. The Morgan fingerprint density at radius 3 is 2.73 bits per heavy atom. The van der Waals surface area contributed by atoms with Crippen molar-refractivity contribution >= 4 is 28.5 Å². The minimum absolute atomic E-state index is 0.0571. The van der Waals surface area contributed by atoms with E-state index in [9.17, 15) is 14.0 Å². The summed E-state index contributed by atoms with van der Waals surface area (Å²) >= 11 is 0. The molecule has 0 aliphatic carbocycles. The first-order valence-corrected chi connectivity index (χ1v) is 8.75. The minimum Gasteiger partial charge on any atom is -0.364 e. The van der Waals surface area contributed by atoms with Gasteiger partial charge in [-0.2, -0.15) is 5.10 Å². The van der Waals surface area contributed by atoms with E-state index in [1.165, 1.54) is 11.8 Å². The smallest absolute Gasteiger partial charge is 0.321 e. The van der Waals surface area contributed by atoms with Gasteiger partial charge in [-0.3, -0.25) is 9.48 Å². The van der Waals surface area contributed by atoms with Crippen molar-refractivity contribution in [3.8, 4) is 0 Å². The predicted octanol–water partition coefficient (Wildman–Crippen LogP) is 3.07. The van der Waals surface area contributed by atoms with Crippen molar-refractivity contribution in [2.24, 2.45) is 5.73 Å². The van der Waals surface area contributed by atoms with Gasteiger partial charge in [-0.1, -0.05) is 0 Å². The number of carbonyl (C=O) groups is 2. The summed E-state index contributed by atoms with van der Waals surface area (Å²) in [5.74, 6) is -0.623. The Bertz CT molecular complexity index is 859. The molecule has 3 N–H and O–H groups in total. The third kappa shape index (κ3) is 3.49. The zero-order valence-electron chi connectivity index (χ0n) is 15.3. The van der Waals surface area contributed by atoms with Gasteiger partial charge in [-0.15, -0.1) is 0 Å². The molecule has 3 amide bonds. The van der Waals surface area contributed by atoms with E-state index in [4.69, 9.17) is 5.73 Å². The number of nitrogens with two attached hydrogens (primary N) is 1. The highest BCUT2D eigenvalue weighted by molar-refractivity contribution is 6.05. The first-order chi connectivity index (χ1) is 12.2. The first-order valence-electron chi connectivity index (χ1n) is 8.75. The van der Waals surface area contributed by atoms with Gasteiger partial charge in [-0.25, -0.2) is 9.18 Å². The van der Waals surface area contributed by atoms with E-state index in [2.05, 4.69) is 10.4 Å². The molecule has 1 aromatic heterocycles. The summed E-state index contributed by atoms with van der Waals surface area (Å²) in [6.45, 7) is 6.01. The number of benzene rings is 1. The summed E-state index contributed by atoms with van der Waals surface area (Å²) in [4.78, 5) is 25.6. The Hall–Kier alpha value is -2.64. The van der Waals surface area contributed by atoms with E-state index in [1.54, 1.807) is 22.9 Å². The molecule has 140 valence electrons. The molecule has 1 aliphatic heterocycles. The molecule has 1 aromatic carbocycles. The lowest BCUT2D eigenvalue weighted by Crippen LogP contribution is -2.47. The van der Waals surface area contributed by atoms with Gasteiger partial charge in [0.1, 0.15) is 5.67 Å². The molecular weight excluding hydrogens is 337 g/mol. The molecule has 7 nitrogen and oxygen atoms in total. The summed E-state index contributed by atoms with van der Waals surface area (Å²) in [5, 5.41) is 7.65. The Morgan fingerprint density at radius 1 is 1.38 bits per heavy atom. The number of rotatable bonds is 3. The Labute approximate surface area is 151 Å². The number of nitrogens with one attached hydrogen (secondary N) is 1. The Kier molecular flexibility index (Phi) is 4.60. The van der Waals surface area contributed by atoms with Crippen molar-refractivity contribution in [2.45, 2.75) is 45.3 Å². The van der Waals surface area contributed by atoms with Gasteiger partial charge in [0, 0.05) is 23.7 Å². The number of primary amides is 1. The lowest BCUT2D eigenvalue weighted by Gasteiger charge is -2.35. The van der Waals surface area contributed by atoms with Gasteiger partial charge in [0.2, 0.25) is 0 Å². The van der Waals surface area contributed by atoms with Crippen molar-refractivity contribution < 1.29 is 14.0 Å². The van der Waals surface area contributed by atoms with Crippen molar-refractivity contribution in [1.82, 2.24) is 14.7 Å². The zero-order valence-corrected chi connectivity index (χ0v) is 15.3. The van der Waals surface area contributed by atoms with E-state index in [0.717, 1.165) is 5.52 Å². The number of nitrogens with zero attached hydrogens (tertiary/aromatic N) is 3. The van der Waals surface area contributed by atoms with Crippen LogP contribution in [-0.2, 0) is 0 Å². The SMILES string of the molecule is CC(C)n1nc(C(N)=O)c2cc(NC(=O)N3CCCC(C)(F)C3)ccc21. The molecule has 1 saturated heterocycles. The van der Waals surface area contributed by atoms with E-state index < -0.39 is 11.6 Å². The number of urea groups is 1. The Morgan fingerprint density at radius 2 is 2.12 bits per heavy atom. The number of anilines is 1. The normalized spacial score (nSPS) is 20.6. The average Bonchev–Trinajstić information content (AvgIpc) is 2.93. The number of hydrogen-bond acceptors (Lipinski definition) is 3. The van der Waals surface area contributed by atoms with Crippen LogP contribution in [0.1, 0.15) is 50.1 Å². The number of likely N-dealkylation sites (tertiary alicyclic amines) is 1. The monoisotopic (exact) mass is 361 g/mol. The fourth-order valence-corrected chi connectivity index (χ4v) is 3.36. The molecule has 0 saturated carbocycles. The van der Waals surface area contributed by atoms with E-state index in [1.807, 2.05) is 13.8 Å². The van der Waals surface area contributed by atoms with Crippen LogP contribution in [0.2, 0.25) is 0 Å². The molecule has 8 heteroatoms. The van der Waals surface area contributed by atoms with Crippen LogP contribution in [0.3, 0.4) is 0 Å². The fraction of sp³-hybridized carbons (Fsp3) is 0.500. The molecule has 2 aromatic rings. The van der Waals surface area contributed by atoms with Gasteiger partial charge in [0.25, 0.3) is 5.91 Å². The van der Waals surface area contributed by atoms with Crippen molar-refractivity contribution in [1.29, 1.82) is 0 Å². The number of fused-ring (bicyclic) bond motifs is 1. The van der Waals surface area contributed by atoms with Crippen molar-refractivity contribution in [2.75, 3.05) is 18.4 Å². The first kappa shape index (κ1) is 18.2. The van der Waals surface area contributed by atoms with Gasteiger partial charge in [0.15, 0.2) is 5.69 Å². The minimum atomic E-state index is -1.36. The number of amides is 3. The van der Waals surface area contributed by atoms with E-state index >= 15 is 0 Å². The predicted molar refractivity (Wildman–Crippen MR) is 98.0 cm³/mol. The summed E-state index contributed by atoms with van der Waals surface area (Å²) in [6.07, 6.45) is 1.09. The number of piperidine rings is 1. The summed E-state index contributed by atoms with van der Waals surface area (Å²) in [5.41, 5.74) is 5.52. The third-order valence-corrected chi connectivity index (χ3v) is 4.61. The number of halogens is 1. The third-order valence-electron chi connectivity index (χ3n) is 4.61. The van der Waals surface area contributed by atoms with Crippen LogP contribution >= 0.6 is 0 Å². The fourth-order valence-electron chi connectivity index (χ4n) is 3.36. The lowest BCUT2D eigenvalue weighted by atomic mass is 9.97. The highest BCUT2D eigenvalue weighted by atomic mass is 19.1. The maximum Gasteiger partial charge on any atom is 0.321 e. The van der Waals surface area contributed by atoms with E-state index in [0.29, 0.717) is 30.5 Å². The van der Waals surface area contributed by atoms with Crippen LogP contribution in [0.15, 0.2) is 18.2 Å². The number of aromatic nitrogens is 2. The lowest BCUT2D eigenvalue weighted by molar-refractivity contribution is 0.0808. The maximum atomic E-state index is 14.2. The molecule has 26 heavy (non-hydrogen) atoms. The summed E-state index contributed by atoms with van der Waals surface area (Å²) < 4.78 is 15.9. The van der Waals surface area contributed by atoms with Crippen LogP contribution in [0.4, 0.5) is 14.9 Å². The molecule has 0 spiro atoms. The molecule has 1 unspecified atom stereocenters. The molecule has 1 aliphatic rings. The van der Waals surface area contributed by atoms with Crippen molar-refractivity contribution in [3.05, 3.63) is 23.9 Å².